The largest absolute Gasteiger partial charge is 0.423 e. The summed E-state index contributed by atoms with van der Waals surface area (Å²) < 4.78 is 46.0. The molecule has 3 saturated carbocycles. The Morgan fingerprint density at radius 2 is 1.70 bits per heavy atom. The number of halogens is 3. The molecule has 182 valence electrons. The van der Waals surface area contributed by atoms with Crippen LogP contribution in [0.3, 0.4) is 0 Å². The van der Waals surface area contributed by atoms with Crippen LogP contribution in [-0.4, -0.2) is 5.97 Å². The van der Waals surface area contributed by atoms with E-state index in [9.17, 15) is 18.0 Å². The molecule has 2 nitrogen and oxygen atoms in total. The van der Waals surface area contributed by atoms with Crippen molar-refractivity contribution >= 4 is 5.97 Å². The Balaban J connectivity index is 1.31. The second-order valence-electron chi connectivity index (χ2n) is 10.6. The number of hydrogen-bond donors (Lipinski definition) is 0. The molecule has 4 unspecified atom stereocenters. The zero-order chi connectivity index (χ0) is 23.4. The first kappa shape index (κ1) is 24.3. The van der Waals surface area contributed by atoms with Crippen LogP contribution in [0.2, 0.25) is 0 Å². The molecule has 0 N–H and O–H groups in total. The minimum absolute atomic E-state index is 0.257. The van der Waals surface area contributed by atoms with E-state index in [1.54, 1.807) is 0 Å². The normalized spacial score (nSPS) is 32.5. The van der Waals surface area contributed by atoms with Gasteiger partial charge in [-0.25, -0.2) is 8.78 Å². The van der Waals surface area contributed by atoms with Gasteiger partial charge in [-0.05, 0) is 100 Å². The number of carbonyl (C=O) groups is 1. The Morgan fingerprint density at radius 1 is 0.939 bits per heavy atom. The van der Waals surface area contributed by atoms with Crippen LogP contribution in [0.4, 0.5) is 13.2 Å². The number of benzene rings is 1. The van der Waals surface area contributed by atoms with Crippen LogP contribution >= 0.6 is 0 Å². The number of carbonyl (C=O) groups excluding carboxylic acids is 1. The van der Waals surface area contributed by atoms with E-state index in [1.807, 2.05) is 0 Å². The van der Waals surface area contributed by atoms with E-state index in [0.717, 1.165) is 62.0 Å². The van der Waals surface area contributed by atoms with Crippen molar-refractivity contribution in [2.75, 3.05) is 0 Å². The molecule has 3 aliphatic carbocycles. The van der Waals surface area contributed by atoms with Crippen molar-refractivity contribution in [3.05, 3.63) is 41.7 Å². The van der Waals surface area contributed by atoms with Crippen LogP contribution in [0.1, 0.15) is 84.0 Å². The Labute approximate surface area is 196 Å². The molecular weight excluding hydrogens is 425 g/mol. The molecule has 3 fully saturated rings. The smallest absolute Gasteiger partial charge is 0.314 e. The van der Waals surface area contributed by atoms with Crippen LogP contribution in [0.5, 0.6) is 5.75 Å². The van der Waals surface area contributed by atoms with Gasteiger partial charge in [0.25, 0.3) is 0 Å². The summed E-state index contributed by atoms with van der Waals surface area (Å²) in [5.41, 5.74) is 0. The molecule has 0 bridgehead atoms. The third-order valence-electron chi connectivity index (χ3n) is 8.74. The van der Waals surface area contributed by atoms with E-state index in [1.165, 1.54) is 44.9 Å². The lowest BCUT2D eigenvalue weighted by molar-refractivity contribution is -0.144. The van der Waals surface area contributed by atoms with Gasteiger partial charge in [-0.3, -0.25) is 4.79 Å². The van der Waals surface area contributed by atoms with E-state index >= 15 is 0 Å². The van der Waals surface area contributed by atoms with Gasteiger partial charge in [0.05, 0.1) is 5.92 Å². The van der Waals surface area contributed by atoms with Crippen molar-refractivity contribution in [3.8, 4) is 5.75 Å². The number of ether oxygens (including phenoxy) is 1. The highest BCUT2D eigenvalue weighted by atomic mass is 19.2. The summed E-state index contributed by atoms with van der Waals surface area (Å²) in [5.74, 6) is -2.39. The summed E-state index contributed by atoms with van der Waals surface area (Å²) in [6.07, 6.45) is 18.5. The molecule has 1 aromatic rings. The first-order valence-electron chi connectivity index (χ1n) is 12.9. The maximum Gasteiger partial charge on any atom is 0.314 e. The second kappa shape index (κ2) is 11.1. The number of allylic oxidation sites excluding steroid dienone is 2. The lowest BCUT2D eigenvalue weighted by atomic mass is 9.59. The number of esters is 1. The van der Waals surface area contributed by atoms with Crippen molar-refractivity contribution < 1.29 is 22.7 Å². The molecule has 0 saturated heterocycles. The zero-order valence-corrected chi connectivity index (χ0v) is 19.7. The summed E-state index contributed by atoms with van der Waals surface area (Å²) in [6, 6.07) is 1.79. The van der Waals surface area contributed by atoms with Gasteiger partial charge >= 0.3 is 5.97 Å². The predicted molar refractivity (Wildman–Crippen MR) is 123 cm³/mol. The molecule has 0 aliphatic heterocycles. The monoisotopic (exact) mass is 462 g/mol. The Kier molecular flexibility index (Phi) is 8.19. The van der Waals surface area contributed by atoms with Crippen molar-refractivity contribution in [2.45, 2.75) is 84.0 Å². The van der Waals surface area contributed by atoms with E-state index in [2.05, 4.69) is 19.1 Å². The van der Waals surface area contributed by atoms with Crippen LogP contribution < -0.4 is 4.74 Å². The van der Waals surface area contributed by atoms with Crippen molar-refractivity contribution in [2.24, 2.45) is 35.5 Å². The number of fused-ring (bicyclic) bond motifs is 1. The molecule has 0 amide bonds. The van der Waals surface area contributed by atoms with E-state index in [0.29, 0.717) is 5.92 Å². The summed E-state index contributed by atoms with van der Waals surface area (Å²) in [5, 5.41) is 0. The summed E-state index contributed by atoms with van der Waals surface area (Å²) in [4.78, 5) is 12.9. The highest BCUT2D eigenvalue weighted by Gasteiger charge is 2.43. The molecule has 0 spiro atoms. The van der Waals surface area contributed by atoms with Crippen LogP contribution in [-0.2, 0) is 4.79 Å². The summed E-state index contributed by atoms with van der Waals surface area (Å²) >= 11 is 0. The minimum Gasteiger partial charge on any atom is -0.423 e. The van der Waals surface area contributed by atoms with Gasteiger partial charge < -0.3 is 4.74 Å². The zero-order valence-electron chi connectivity index (χ0n) is 19.7. The summed E-state index contributed by atoms with van der Waals surface area (Å²) in [7, 11) is 0. The van der Waals surface area contributed by atoms with Crippen molar-refractivity contribution in [1.82, 2.24) is 0 Å². The van der Waals surface area contributed by atoms with Gasteiger partial charge in [-0.2, -0.15) is 4.39 Å². The molecule has 3 aliphatic rings. The third kappa shape index (κ3) is 5.66. The van der Waals surface area contributed by atoms with E-state index < -0.39 is 29.2 Å². The molecule has 0 heterocycles. The van der Waals surface area contributed by atoms with Gasteiger partial charge in [-0.15, -0.1) is 0 Å². The Hall–Kier alpha value is -1.78. The summed E-state index contributed by atoms with van der Waals surface area (Å²) in [6.45, 7) is 2.09. The average Bonchev–Trinajstić information content (AvgIpc) is 2.84. The Morgan fingerprint density at radius 3 is 2.45 bits per heavy atom. The maximum atomic E-state index is 14.0. The fourth-order valence-corrected chi connectivity index (χ4v) is 6.94. The first-order chi connectivity index (χ1) is 16.0. The van der Waals surface area contributed by atoms with Crippen LogP contribution in [0.15, 0.2) is 24.3 Å². The third-order valence-corrected chi connectivity index (χ3v) is 8.74. The number of hydrogen-bond acceptors (Lipinski definition) is 2. The number of rotatable bonds is 6. The lowest BCUT2D eigenvalue weighted by Gasteiger charge is -2.46. The minimum atomic E-state index is -1.60. The Bertz CT molecular complexity index is 844. The van der Waals surface area contributed by atoms with Crippen LogP contribution in [0, 0.1) is 53.0 Å². The van der Waals surface area contributed by atoms with Gasteiger partial charge in [0.2, 0.25) is 5.82 Å². The van der Waals surface area contributed by atoms with Crippen molar-refractivity contribution in [1.29, 1.82) is 0 Å². The van der Waals surface area contributed by atoms with Gasteiger partial charge in [-0.1, -0.05) is 37.8 Å². The lowest BCUT2D eigenvalue weighted by Crippen LogP contribution is -2.40. The molecule has 5 heteroatoms. The average molecular weight is 463 g/mol. The van der Waals surface area contributed by atoms with E-state index in [4.69, 9.17) is 4.74 Å². The highest BCUT2D eigenvalue weighted by molar-refractivity contribution is 5.75. The second-order valence-corrected chi connectivity index (χ2v) is 10.6. The van der Waals surface area contributed by atoms with Gasteiger partial charge in [0.15, 0.2) is 17.4 Å². The molecule has 4 atom stereocenters. The molecule has 0 aromatic heterocycles. The molecule has 0 radical (unpaired) electrons. The van der Waals surface area contributed by atoms with Crippen molar-refractivity contribution in [3.63, 3.8) is 0 Å². The molecule has 33 heavy (non-hydrogen) atoms. The maximum absolute atomic E-state index is 14.0. The topological polar surface area (TPSA) is 26.3 Å². The highest BCUT2D eigenvalue weighted by Crippen LogP contribution is 2.50. The van der Waals surface area contributed by atoms with E-state index in [-0.39, 0.29) is 11.8 Å². The first-order valence-corrected chi connectivity index (χ1v) is 12.9. The van der Waals surface area contributed by atoms with Gasteiger partial charge in [0.1, 0.15) is 0 Å². The molecule has 1 aromatic carbocycles. The molecule has 4 rings (SSSR count). The fourth-order valence-electron chi connectivity index (χ4n) is 6.94. The SMILES string of the molecule is C/C=C/CCC1CCC(C2CCC3C(CCCC3C(=O)Oc3ccc(F)c(F)c3F)C2)CC1. The fraction of sp³-hybridized carbons (Fsp3) is 0.679. The van der Waals surface area contributed by atoms with Crippen LogP contribution in [0.25, 0.3) is 0 Å². The molecular formula is C28H37F3O2. The van der Waals surface area contributed by atoms with Gasteiger partial charge in [0, 0.05) is 0 Å². The quantitative estimate of drug-likeness (QED) is 0.185. The standard InChI is InChI=1S/C28H37F3O2/c1-2-3-4-6-18-9-11-19(12-10-18)20-13-14-22-21(17-20)7-5-8-23(22)28(32)33-25-16-15-24(29)26(30)27(25)31/h2-3,15-16,18-23H,4-14,17H2,1H3/b3-2+. The predicted octanol–water partition coefficient (Wildman–Crippen LogP) is 8.00.